The smallest absolute Gasteiger partial charge is 0.303 e. The molecule has 1 rings (SSSR count). The summed E-state index contributed by atoms with van der Waals surface area (Å²) in [5.74, 6) is -0.720. The van der Waals surface area contributed by atoms with E-state index in [4.69, 9.17) is 16.7 Å². The molecule has 0 aliphatic carbocycles. The first-order valence-electron chi connectivity index (χ1n) is 5.06. The summed E-state index contributed by atoms with van der Waals surface area (Å²) in [5, 5.41) is 9.26. The molecule has 3 heteroatoms. The molecule has 0 aliphatic rings. The Labute approximate surface area is 94.9 Å². The lowest BCUT2D eigenvalue weighted by atomic mass is 10.1. The molecule has 0 bridgehead atoms. The van der Waals surface area contributed by atoms with Gasteiger partial charge in [-0.3, -0.25) is 4.79 Å². The van der Waals surface area contributed by atoms with E-state index in [1.165, 1.54) is 5.56 Å². The molecule has 0 spiro atoms. The van der Waals surface area contributed by atoms with E-state index >= 15 is 0 Å². The molecule has 0 heterocycles. The molecule has 0 aliphatic heterocycles. The largest absolute Gasteiger partial charge is 0.481 e. The maximum absolute atomic E-state index is 10.3. The number of carboxylic acids is 1. The second-order valence-electron chi connectivity index (χ2n) is 3.68. The molecule has 0 atom stereocenters. The van der Waals surface area contributed by atoms with E-state index in [0.29, 0.717) is 0 Å². The second kappa shape index (κ2) is 5.76. The number of halogens is 1. The summed E-state index contributed by atoms with van der Waals surface area (Å²) >= 11 is 5.91. The average Bonchev–Trinajstić information content (AvgIpc) is 2.18. The molecule has 0 saturated heterocycles. The Balaban J connectivity index is 2.38. The van der Waals surface area contributed by atoms with Crippen LogP contribution in [-0.4, -0.2) is 11.1 Å². The van der Waals surface area contributed by atoms with Crippen molar-refractivity contribution in [2.45, 2.75) is 32.6 Å². The molecule has 0 aromatic heterocycles. The van der Waals surface area contributed by atoms with Crippen LogP contribution in [-0.2, 0) is 11.2 Å². The van der Waals surface area contributed by atoms with E-state index in [2.05, 4.69) is 6.07 Å². The monoisotopic (exact) mass is 226 g/mol. The number of hydrogen-bond acceptors (Lipinski definition) is 1. The van der Waals surface area contributed by atoms with E-state index in [1.54, 1.807) is 0 Å². The van der Waals surface area contributed by atoms with Gasteiger partial charge in [0.25, 0.3) is 0 Å². The van der Waals surface area contributed by atoms with Gasteiger partial charge in [0.15, 0.2) is 0 Å². The zero-order valence-corrected chi connectivity index (χ0v) is 9.55. The first kappa shape index (κ1) is 12.1. The second-order valence-corrected chi connectivity index (χ2v) is 4.09. The molecule has 0 saturated carbocycles. The fraction of sp³-hybridized carbons (Fsp3) is 0.417. The van der Waals surface area contributed by atoms with E-state index in [1.807, 2.05) is 19.1 Å². The van der Waals surface area contributed by atoms with Crippen molar-refractivity contribution in [3.05, 3.63) is 34.3 Å². The minimum atomic E-state index is -0.720. The summed E-state index contributed by atoms with van der Waals surface area (Å²) in [4.78, 5) is 10.3. The highest BCUT2D eigenvalue weighted by Crippen LogP contribution is 2.17. The molecule has 0 fully saturated rings. The summed E-state index contributed by atoms with van der Waals surface area (Å²) in [6.45, 7) is 1.98. The SMILES string of the molecule is Cc1cc(CCCCC(=O)O)ccc1Cl. The van der Waals surface area contributed by atoms with Crippen molar-refractivity contribution in [1.29, 1.82) is 0 Å². The maximum Gasteiger partial charge on any atom is 0.303 e. The maximum atomic E-state index is 10.3. The summed E-state index contributed by atoms with van der Waals surface area (Å²) in [5.41, 5.74) is 2.30. The summed E-state index contributed by atoms with van der Waals surface area (Å²) in [7, 11) is 0. The minimum Gasteiger partial charge on any atom is -0.481 e. The van der Waals surface area contributed by atoms with Gasteiger partial charge in [0, 0.05) is 11.4 Å². The van der Waals surface area contributed by atoms with Gasteiger partial charge in [-0.1, -0.05) is 23.7 Å². The van der Waals surface area contributed by atoms with Crippen molar-refractivity contribution >= 4 is 17.6 Å². The highest BCUT2D eigenvalue weighted by atomic mass is 35.5. The fourth-order valence-electron chi connectivity index (χ4n) is 1.47. The Morgan fingerprint density at radius 1 is 1.40 bits per heavy atom. The number of benzene rings is 1. The van der Waals surface area contributed by atoms with E-state index < -0.39 is 5.97 Å². The lowest BCUT2D eigenvalue weighted by Crippen LogP contribution is -1.95. The molecule has 1 aromatic carbocycles. The number of carbonyl (C=O) groups is 1. The van der Waals surface area contributed by atoms with Gasteiger partial charge in [0.2, 0.25) is 0 Å². The fourth-order valence-corrected chi connectivity index (χ4v) is 1.59. The average molecular weight is 227 g/mol. The molecular weight excluding hydrogens is 212 g/mol. The Morgan fingerprint density at radius 3 is 2.73 bits per heavy atom. The normalized spacial score (nSPS) is 10.3. The molecule has 82 valence electrons. The van der Waals surface area contributed by atoms with E-state index in [9.17, 15) is 4.79 Å². The van der Waals surface area contributed by atoms with Crippen molar-refractivity contribution in [2.75, 3.05) is 0 Å². The lowest BCUT2D eigenvalue weighted by Gasteiger charge is -2.03. The highest BCUT2D eigenvalue weighted by Gasteiger charge is 1.99. The molecule has 1 N–H and O–H groups in total. The number of unbranched alkanes of at least 4 members (excludes halogenated alkanes) is 1. The molecule has 0 amide bonds. The predicted molar refractivity (Wildman–Crippen MR) is 61.4 cm³/mol. The molecule has 0 radical (unpaired) electrons. The van der Waals surface area contributed by atoms with Crippen LogP contribution >= 0.6 is 11.6 Å². The van der Waals surface area contributed by atoms with Crippen LogP contribution in [0.4, 0.5) is 0 Å². The van der Waals surface area contributed by atoms with Crippen molar-refractivity contribution < 1.29 is 9.90 Å². The third kappa shape index (κ3) is 4.34. The van der Waals surface area contributed by atoms with Crippen molar-refractivity contribution in [3.63, 3.8) is 0 Å². The Kier molecular flexibility index (Phi) is 4.63. The van der Waals surface area contributed by atoms with Gasteiger partial charge in [0.05, 0.1) is 0 Å². The first-order valence-corrected chi connectivity index (χ1v) is 5.44. The van der Waals surface area contributed by atoms with E-state index in [-0.39, 0.29) is 6.42 Å². The number of aryl methyl sites for hydroxylation is 2. The van der Waals surface area contributed by atoms with Gasteiger partial charge < -0.3 is 5.11 Å². The van der Waals surface area contributed by atoms with Gasteiger partial charge in [-0.05, 0) is 43.4 Å². The van der Waals surface area contributed by atoms with E-state index in [0.717, 1.165) is 29.8 Å². The van der Waals surface area contributed by atoms with Crippen LogP contribution in [0.5, 0.6) is 0 Å². The number of hydrogen-bond donors (Lipinski definition) is 1. The number of aliphatic carboxylic acids is 1. The number of rotatable bonds is 5. The zero-order chi connectivity index (χ0) is 11.3. The minimum absolute atomic E-state index is 0.257. The first-order chi connectivity index (χ1) is 7.09. The lowest BCUT2D eigenvalue weighted by molar-refractivity contribution is -0.137. The van der Waals surface area contributed by atoms with Crippen LogP contribution < -0.4 is 0 Å². The van der Waals surface area contributed by atoms with Crippen LogP contribution in [0.2, 0.25) is 5.02 Å². The Morgan fingerprint density at radius 2 is 2.13 bits per heavy atom. The Hall–Kier alpha value is -1.02. The molecular formula is C12H15ClO2. The summed E-state index contributed by atoms with van der Waals surface area (Å²) in [6, 6.07) is 5.95. The summed E-state index contributed by atoms with van der Waals surface area (Å²) in [6.07, 6.45) is 2.82. The van der Waals surface area contributed by atoms with Crippen LogP contribution in [0.25, 0.3) is 0 Å². The molecule has 0 unspecified atom stereocenters. The van der Waals surface area contributed by atoms with Crippen LogP contribution in [0.1, 0.15) is 30.4 Å². The van der Waals surface area contributed by atoms with Crippen molar-refractivity contribution in [2.24, 2.45) is 0 Å². The van der Waals surface area contributed by atoms with Crippen LogP contribution in [0.15, 0.2) is 18.2 Å². The van der Waals surface area contributed by atoms with Crippen LogP contribution in [0.3, 0.4) is 0 Å². The van der Waals surface area contributed by atoms with Gasteiger partial charge in [0.1, 0.15) is 0 Å². The van der Waals surface area contributed by atoms with Gasteiger partial charge >= 0.3 is 5.97 Å². The number of carboxylic acid groups (broad SMARTS) is 1. The third-order valence-electron chi connectivity index (χ3n) is 2.33. The van der Waals surface area contributed by atoms with Crippen molar-refractivity contribution in [1.82, 2.24) is 0 Å². The van der Waals surface area contributed by atoms with Gasteiger partial charge in [-0.25, -0.2) is 0 Å². The summed E-state index contributed by atoms with van der Waals surface area (Å²) < 4.78 is 0. The zero-order valence-electron chi connectivity index (χ0n) is 8.79. The topological polar surface area (TPSA) is 37.3 Å². The quantitative estimate of drug-likeness (QED) is 0.781. The van der Waals surface area contributed by atoms with Gasteiger partial charge in [-0.15, -0.1) is 0 Å². The van der Waals surface area contributed by atoms with Gasteiger partial charge in [-0.2, -0.15) is 0 Å². The Bertz CT molecular complexity index is 347. The highest BCUT2D eigenvalue weighted by molar-refractivity contribution is 6.31. The standard InChI is InChI=1S/C12H15ClO2/c1-9-8-10(6-7-11(9)13)4-2-3-5-12(14)15/h6-8H,2-5H2,1H3,(H,14,15). The molecule has 1 aromatic rings. The molecule has 2 nitrogen and oxygen atoms in total. The predicted octanol–water partition coefficient (Wildman–Crippen LogP) is 3.45. The van der Waals surface area contributed by atoms with Crippen LogP contribution in [0, 0.1) is 6.92 Å². The molecule has 15 heavy (non-hydrogen) atoms. The van der Waals surface area contributed by atoms with Crippen molar-refractivity contribution in [3.8, 4) is 0 Å². The third-order valence-corrected chi connectivity index (χ3v) is 2.75.